The average Bonchev–Trinajstić information content (AvgIpc) is 2.86. The summed E-state index contributed by atoms with van der Waals surface area (Å²) in [5.74, 6) is -1.07. The first-order chi connectivity index (χ1) is 6.15. The van der Waals surface area contributed by atoms with Crippen LogP contribution < -0.4 is 0 Å². The van der Waals surface area contributed by atoms with Crippen LogP contribution in [0.25, 0.3) is 0 Å². The lowest BCUT2D eigenvalue weighted by Crippen LogP contribution is -2.12. The van der Waals surface area contributed by atoms with Crippen LogP contribution in [-0.4, -0.2) is 28.9 Å². The van der Waals surface area contributed by atoms with Gasteiger partial charge in [-0.25, -0.2) is 4.79 Å². The largest absolute Gasteiger partial charge is 0.502 e. The van der Waals surface area contributed by atoms with Gasteiger partial charge in [-0.05, 0) is 31.8 Å². The third-order valence-electron chi connectivity index (χ3n) is 1.92. The molecule has 13 heavy (non-hydrogen) atoms. The Labute approximate surface area is 76.8 Å². The Bertz CT molecular complexity index is 218. The number of carbonyl (C=O) groups is 1. The maximum absolute atomic E-state index is 10.9. The third kappa shape index (κ3) is 3.06. The average molecular weight is 186 g/mol. The fourth-order valence-corrected chi connectivity index (χ4v) is 1.01. The molecule has 1 atom stereocenters. The van der Waals surface area contributed by atoms with Gasteiger partial charge in [0.15, 0.2) is 5.76 Å². The van der Waals surface area contributed by atoms with Crippen LogP contribution >= 0.6 is 0 Å². The van der Waals surface area contributed by atoms with E-state index in [0.29, 0.717) is 0 Å². The highest BCUT2D eigenvalue weighted by Gasteiger charge is 2.29. The second-order valence-corrected chi connectivity index (χ2v) is 3.10. The van der Waals surface area contributed by atoms with Gasteiger partial charge in [0.2, 0.25) is 0 Å². The van der Waals surface area contributed by atoms with Crippen molar-refractivity contribution in [1.82, 2.24) is 0 Å². The van der Waals surface area contributed by atoms with E-state index in [1.165, 1.54) is 0 Å². The van der Waals surface area contributed by atoms with E-state index in [4.69, 9.17) is 5.11 Å². The summed E-state index contributed by atoms with van der Waals surface area (Å²) in [5.41, 5.74) is 0. The molecule has 1 saturated carbocycles. The Hall–Kier alpha value is -1.03. The van der Waals surface area contributed by atoms with Gasteiger partial charge in [0.25, 0.3) is 0 Å². The fraction of sp³-hybridized carbons (Fsp3) is 0.667. The standard InChI is InChI=1S/C9H14O4/c1-2-13-9(12)8(11)5-7(10)6-3-4-6/h5-7,10-11H,2-4H2,1H3. The van der Waals surface area contributed by atoms with Gasteiger partial charge >= 0.3 is 5.97 Å². The minimum atomic E-state index is -0.776. The predicted molar refractivity (Wildman–Crippen MR) is 46.1 cm³/mol. The Morgan fingerprint density at radius 1 is 1.69 bits per heavy atom. The molecular formula is C9H14O4. The van der Waals surface area contributed by atoms with E-state index in [1.807, 2.05) is 0 Å². The van der Waals surface area contributed by atoms with E-state index >= 15 is 0 Å². The second kappa shape index (κ2) is 4.28. The lowest BCUT2D eigenvalue weighted by atomic mass is 10.2. The Balaban J connectivity index is 2.43. The molecule has 1 aliphatic rings. The van der Waals surface area contributed by atoms with Crippen LogP contribution in [0.3, 0.4) is 0 Å². The fourth-order valence-electron chi connectivity index (χ4n) is 1.01. The van der Waals surface area contributed by atoms with Gasteiger partial charge in [0.1, 0.15) is 0 Å². The first-order valence-electron chi connectivity index (χ1n) is 4.41. The molecule has 1 rings (SSSR count). The van der Waals surface area contributed by atoms with Gasteiger partial charge in [-0.2, -0.15) is 0 Å². The number of hydrogen-bond acceptors (Lipinski definition) is 4. The van der Waals surface area contributed by atoms with Crippen molar-refractivity contribution < 1.29 is 19.7 Å². The molecule has 1 aliphatic carbocycles. The minimum Gasteiger partial charge on any atom is -0.502 e. The second-order valence-electron chi connectivity index (χ2n) is 3.10. The van der Waals surface area contributed by atoms with E-state index in [9.17, 15) is 9.90 Å². The number of ether oxygens (including phenoxy) is 1. The molecule has 74 valence electrons. The Morgan fingerprint density at radius 3 is 2.77 bits per heavy atom. The summed E-state index contributed by atoms with van der Waals surface area (Å²) in [6, 6.07) is 0. The molecule has 0 aromatic rings. The zero-order chi connectivity index (χ0) is 9.84. The van der Waals surface area contributed by atoms with Crippen molar-refractivity contribution in [3.8, 4) is 0 Å². The number of esters is 1. The van der Waals surface area contributed by atoms with Crippen molar-refractivity contribution in [3.05, 3.63) is 11.8 Å². The Morgan fingerprint density at radius 2 is 2.31 bits per heavy atom. The highest BCUT2D eigenvalue weighted by atomic mass is 16.5. The van der Waals surface area contributed by atoms with E-state index in [2.05, 4.69) is 4.74 Å². The van der Waals surface area contributed by atoms with E-state index in [-0.39, 0.29) is 12.5 Å². The molecule has 0 aromatic carbocycles. The van der Waals surface area contributed by atoms with Gasteiger partial charge in [-0.3, -0.25) is 0 Å². The topological polar surface area (TPSA) is 66.8 Å². The zero-order valence-corrected chi connectivity index (χ0v) is 7.56. The summed E-state index contributed by atoms with van der Waals surface area (Å²) in [6.45, 7) is 1.87. The molecule has 0 amide bonds. The van der Waals surface area contributed by atoms with Gasteiger partial charge in [0, 0.05) is 0 Å². The lowest BCUT2D eigenvalue weighted by molar-refractivity contribution is -0.141. The van der Waals surface area contributed by atoms with E-state index in [0.717, 1.165) is 18.9 Å². The lowest BCUT2D eigenvalue weighted by Gasteiger charge is -2.04. The normalized spacial score (nSPS) is 19.7. The highest BCUT2D eigenvalue weighted by Crippen LogP contribution is 2.33. The van der Waals surface area contributed by atoms with Crippen molar-refractivity contribution in [2.45, 2.75) is 25.9 Å². The zero-order valence-electron chi connectivity index (χ0n) is 7.56. The molecule has 4 heteroatoms. The quantitative estimate of drug-likeness (QED) is 0.386. The van der Waals surface area contributed by atoms with Gasteiger partial charge in [0.05, 0.1) is 12.7 Å². The maximum Gasteiger partial charge on any atom is 0.373 e. The van der Waals surface area contributed by atoms with Crippen LogP contribution in [0.2, 0.25) is 0 Å². The number of hydrogen-bond donors (Lipinski definition) is 2. The first-order valence-corrected chi connectivity index (χ1v) is 4.41. The SMILES string of the molecule is CCOC(=O)C(O)=CC(O)C1CC1. The van der Waals surface area contributed by atoms with Crippen molar-refractivity contribution in [2.75, 3.05) is 6.61 Å². The van der Waals surface area contributed by atoms with Crippen molar-refractivity contribution in [1.29, 1.82) is 0 Å². The van der Waals surface area contributed by atoms with Gasteiger partial charge < -0.3 is 14.9 Å². The molecule has 2 N–H and O–H groups in total. The predicted octanol–water partition coefficient (Wildman–Crippen LogP) is 0.762. The van der Waals surface area contributed by atoms with Crippen molar-refractivity contribution >= 4 is 5.97 Å². The molecule has 0 radical (unpaired) electrons. The van der Waals surface area contributed by atoms with E-state index in [1.54, 1.807) is 6.92 Å². The smallest absolute Gasteiger partial charge is 0.373 e. The van der Waals surface area contributed by atoms with Crippen LogP contribution in [0, 0.1) is 5.92 Å². The summed E-state index contributed by atoms with van der Waals surface area (Å²) in [5, 5.41) is 18.5. The van der Waals surface area contributed by atoms with Crippen LogP contribution in [0.4, 0.5) is 0 Å². The van der Waals surface area contributed by atoms with Crippen molar-refractivity contribution in [2.24, 2.45) is 5.92 Å². The summed E-state index contributed by atoms with van der Waals surface area (Å²) in [6.07, 6.45) is 2.33. The van der Waals surface area contributed by atoms with Gasteiger partial charge in [-0.1, -0.05) is 0 Å². The number of aliphatic hydroxyl groups is 2. The molecule has 0 spiro atoms. The molecule has 0 aliphatic heterocycles. The third-order valence-corrected chi connectivity index (χ3v) is 1.92. The summed E-state index contributed by atoms with van der Waals surface area (Å²) >= 11 is 0. The van der Waals surface area contributed by atoms with Crippen LogP contribution in [0.1, 0.15) is 19.8 Å². The molecular weight excluding hydrogens is 172 g/mol. The molecule has 1 fully saturated rings. The van der Waals surface area contributed by atoms with E-state index < -0.39 is 17.8 Å². The van der Waals surface area contributed by atoms with Crippen molar-refractivity contribution in [3.63, 3.8) is 0 Å². The highest BCUT2D eigenvalue weighted by molar-refractivity contribution is 5.85. The molecule has 1 unspecified atom stereocenters. The van der Waals surface area contributed by atoms with Crippen LogP contribution in [0.5, 0.6) is 0 Å². The van der Waals surface area contributed by atoms with Crippen LogP contribution in [0.15, 0.2) is 11.8 Å². The Kier molecular flexibility index (Phi) is 3.31. The molecule has 4 nitrogen and oxygen atoms in total. The molecule has 0 bridgehead atoms. The number of carbonyl (C=O) groups excluding carboxylic acids is 1. The maximum atomic E-state index is 10.9. The first kappa shape index (κ1) is 10.1. The molecule has 0 saturated heterocycles. The number of aliphatic hydroxyl groups excluding tert-OH is 2. The van der Waals surface area contributed by atoms with Crippen LogP contribution in [-0.2, 0) is 9.53 Å². The summed E-state index contributed by atoms with van der Waals surface area (Å²) < 4.78 is 4.54. The monoisotopic (exact) mass is 186 g/mol. The summed E-state index contributed by atoms with van der Waals surface area (Å²) in [7, 11) is 0. The van der Waals surface area contributed by atoms with Gasteiger partial charge in [-0.15, -0.1) is 0 Å². The molecule has 0 heterocycles. The minimum absolute atomic E-state index is 0.205. The number of rotatable bonds is 4. The summed E-state index contributed by atoms with van der Waals surface area (Å²) in [4.78, 5) is 10.9. The molecule has 0 aromatic heterocycles.